The Hall–Kier alpha value is -6.65. The van der Waals surface area contributed by atoms with Crippen LogP contribution in [-0.2, 0) is 0 Å². The zero-order valence-corrected chi connectivity index (χ0v) is 26.6. The van der Waals surface area contributed by atoms with Crippen LogP contribution in [0.5, 0.6) is 0 Å². The van der Waals surface area contributed by atoms with Crippen molar-refractivity contribution in [1.29, 1.82) is 0 Å². The molecule has 3 heterocycles. The minimum Gasteiger partial charge on any atom is -0.232 e. The molecule has 0 unspecified atom stereocenters. The predicted molar refractivity (Wildman–Crippen MR) is 201 cm³/mol. The first-order chi connectivity index (χ1) is 24.3. The highest BCUT2D eigenvalue weighted by atomic mass is 15.2. The summed E-state index contributed by atoms with van der Waals surface area (Å²) in [4.78, 5) is 9.97. The molecule has 9 rings (SSSR count). The maximum Gasteiger partial charge on any atom is 0.160 e. The molecule has 0 N–H and O–H groups in total. The molecule has 6 aromatic carbocycles. The summed E-state index contributed by atoms with van der Waals surface area (Å²) >= 11 is 0. The third kappa shape index (κ3) is 5.35. The third-order valence-electron chi connectivity index (χ3n) is 9.09. The van der Waals surface area contributed by atoms with E-state index < -0.39 is 0 Å². The van der Waals surface area contributed by atoms with Gasteiger partial charge in [0.2, 0.25) is 0 Å². The van der Waals surface area contributed by atoms with E-state index in [1.165, 1.54) is 5.39 Å². The summed E-state index contributed by atoms with van der Waals surface area (Å²) in [6.07, 6.45) is 1.99. The van der Waals surface area contributed by atoms with Crippen molar-refractivity contribution < 1.29 is 0 Å². The van der Waals surface area contributed by atoms with Gasteiger partial charge in [0.1, 0.15) is 0 Å². The Morgan fingerprint density at radius 3 is 1.53 bits per heavy atom. The van der Waals surface area contributed by atoms with Gasteiger partial charge in [-0.05, 0) is 40.3 Å². The topological polar surface area (TPSA) is 43.1 Å². The highest BCUT2D eigenvalue weighted by molar-refractivity contribution is 6.06. The second-order valence-corrected chi connectivity index (χ2v) is 12.2. The second-order valence-electron chi connectivity index (χ2n) is 12.2. The Kier molecular flexibility index (Phi) is 7.10. The Labute approximate surface area is 284 Å². The fourth-order valence-electron chi connectivity index (χ4n) is 6.61. The van der Waals surface area contributed by atoms with Crippen LogP contribution in [0.25, 0.3) is 83.7 Å². The number of hydrogen-bond donors (Lipinski definition) is 0. The second kappa shape index (κ2) is 12.2. The number of pyridine rings is 1. The molecule has 0 aliphatic heterocycles. The molecule has 0 saturated carbocycles. The average molecular weight is 627 g/mol. The Balaban J connectivity index is 1.16. The smallest absolute Gasteiger partial charge is 0.160 e. The summed E-state index contributed by atoms with van der Waals surface area (Å²) in [5.74, 6) is 0.712. The van der Waals surface area contributed by atoms with Crippen molar-refractivity contribution in [2.75, 3.05) is 0 Å². The van der Waals surface area contributed by atoms with Crippen molar-refractivity contribution >= 4 is 16.3 Å². The molecule has 0 radical (unpaired) electrons. The SMILES string of the molecule is c1ccc(-c2cc(-c3ccc(-c4ccc5cc(-c6ccccc6)n6ncc(-c7ccccc7)c6c5c4)cc3)nc(-c3ccccc3)n2)cc1. The Morgan fingerprint density at radius 1 is 0.388 bits per heavy atom. The van der Waals surface area contributed by atoms with E-state index >= 15 is 0 Å². The summed E-state index contributed by atoms with van der Waals surface area (Å²) in [5.41, 5.74) is 12.7. The molecule has 49 heavy (non-hydrogen) atoms. The average Bonchev–Trinajstić information content (AvgIpc) is 3.65. The number of hydrogen-bond acceptors (Lipinski definition) is 3. The van der Waals surface area contributed by atoms with Crippen LogP contribution in [0.3, 0.4) is 0 Å². The van der Waals surface area contributed by atoms with Gasteiger partial charge in [-0.15, -0.1) is 0 Å². The molecule has 0 aliphatic rings. The van der Waals surface area contributed by atoms with E-state index in [1.54, 1.807) is 0 Å². The van der Waals surface area contributed by atoms with Gasteiger partial charge in [-0.3, -0.25) is 0 Å². The largest absolute Gasteiger partial charge is 0.232 e. The first kappa shape index (κ1) is 28.6. The van der Waals surface area contributed by atoms with Gasteiger partial charge < -0.3 is 0 Å². The van der Waals surface area contributed by atoms with Crippen LogP contribution in [0.1, 0.15) is 0 Å². The summed E-state index contributed by atoms with van der Waals surface area (Å²) in [6.45, 7) is 0. The van der Waals surface area contributed by atoms with Crippen molar-refractivity contribution in [1.82, 2.24) is 19.6 Å². The van der Waals surface area contributed by atoms with Gasteiger partial charge in [0.25, 0.3) is 0 Å². The van der Waals surface area contributed by atoms with Crippen molar-refractivity contribution in [2.45, 2.75) is 0 Å². The molecule has 0 amide bonds. The van der Waals surface area contributed by atoms with Gasteiger partial charge in [-0.1, -0.05) is 158 Å². The molecule has 230 valence electrons. The predicted octanol–water partition coefficient (Wildman–Crippen LogP) is 11.3. The van der Waals surface area contributed by atoms with E-state index in [0.717, 1.165) is 72.5 Å². The number of rotatable bonds is 6. The molecule has 0 aliphatic carbocycles. The zero-order valence-electron chi connectivity index (χ0n) is 26.6. The lowest BCUT2D eigenvalue weighted by molar-refractivity contribution is 0.975. The van der Waals surface area contributed by atoms with Gasteiger partial charge >= 0.3 is 0 Å². The molecule has 0 fully saturated rings. The maximum absolute atomic E-state index is 5.02. The molecule has 0 saturated heterocycles. The van der Waals surface area contributed by atoms with Gasteiger partial charge in [0.05, 0.1) is 28.8 Å². The molecule has 0 atom stereocenters. The lowest BCUT2D eigenvalue weighted by Crippen LogP contribution is -1.96. The van der Waals surface area contributed by atoms with Crippen molar-refractivity contribution in [3.63, 3.8) is 0 Å². The highest BCUT2D eigenvalue weighted by Gasteiger charge is 2.16. The van der Waals surface area contributed by atoms with Gasteiger partial charge in [0, 0.05) is 33.2 Å². The number of nitrogens with zero attached hydrogens (tertiary/aromatic N) is 4. The highest BCUT2D eigenvalue weighted by Crippen LogP contribution is 2.37. The molecule has 4 heteroatoms. The standard InChI is InChI=1S/C45H30N4/c1-5-13-32(14-6-1)40-30-46-49-43(35-17-9-3-10-18-35)28-38-26-25-37(27-39(38)44(40)49)31-21-23-34(24-22-31)42-29-41(33-15-7-2-8-16-33)47-45(48-42)36-19-11-4-12-20-36/h1-30H. The number of aromatic nitrogens is 4. The third-order valence-corrected chi connectivity index (χ3v) is 9.09. The van der Waals surface area contributed by atoms with Gasteiger partial charge in [0.15, 0.2) is 5.82 Å². The molecule has 0 spiro atoms. The van der Waals surface area contributed by atoms with Gasteiger partial charge in [-0.2, -0.15) is 5.10 Å². The number of benzene rings is 6. The Bertz CT molecular complexity index is 2500. The first-order valence-corrected chi connectivity index (χ1v) is 16.4. The van der Waals surface area contributed by atoms with E-state index in [-0.39, 0.29) is 0 Å². The van der Waals surface area contributed by atoms with Crippen LogP contribution in [0.2, 0.25) is 0 Å². The van der Waals surface area contributed by atoms with Crippen LogP contribution in [0.15, 0.2) is 182 Å². The fraction of sp³-hybridized carbons (Fsp3) is 0. The minimum absolute atomic E-state index is 0.712. The van der Waals surface area contributed by atoms with E-state index in [0.29, 0.717) is 5.82 Å². The lowest BCUT2D eigenvalue weighted by Gasteiger charge is -2.13. The van der Waals surface area contributed by atoms with Crippen LogP contribution in [0.4, 0.5) is 0 Å². The van der Waals surface area contributed by atoms with Crippen LogP contribution in [-0.4, -0.2) is 19.6 Å². The monoisotopic (exact) mass is 626 g/mol. The lowest BCUT2D eigenvalue weighted by atomic mass is 9.96. The van der Waals surface area contributed by atoms with E-state index in [4.69, 9.17) is 15.1 Å². The molecule has 9 aromatic rings. The summed E-state index contributed by atoms with van der Waals surface area (Å²) < 4.78 is 2.09. The molecular formula is C45H30N4. The van der Waals surface area contributed by atoms with Crippen molar-refractivity contribution in [2.24, 2.45) is 0 Å². The Morgan fingerprint density at radius 2 is 0.898 bits per heavy atom. The summed E-state index contributed by atoms with van der Waals surface area (Å²) in [5, 5.41) is 7.27. The first-order valence-electron chi connectivity index (χ1n) is 16.4. The quantitative estimate of drug-likeness (QED) is 0.184. The van der Waals surface area contributed by atoms with E-state index in [9.17, 15) is 0 Å². The van der Waals surface area contributed by atoms with Gasteiger partial charge in [-0.25, -0.2) is 14.5 Å². The fourth-order valence-corrected chi connectivity index (χ4v) is 6.61. The molecule has 3 aromatic heterocycles. The molecule has 0 bridgehead atoms. The van der Waals surface area contributed by atoms with Crippen LogP contribution in [0, 0.1) is 0 Å². The van der Waals surface area contributed by atoms with E-state index in [1.807, 2.05) is 48.7 Å². The zero-order chi connectivity index (χ0) is 32.6. The van der Waals surface area contributed by atoms with Crippen LogP contribution < -0.4 is 0 Å². The maximum atomic E-state index is 5.02. The molecule has 4 nitrogen and oxygen atoms in total. The summed E-state index contributed by atoms with van der Waals surface area (Å²) in [7, 11) is 0. The van der Waals surface area contributed by atoms with E-state index in [2.05, 4.69) is 138 Å². The number of fused-ring (bicyclic) bond motifs is 3. The van der Waals surface area contributed by atoms with Crippen LogP contribution >= 0.6 is 0 Å². The van der Waals surface area contributed by atoms with Crippen molar-refractivity contribution in [3.05, 3.63) is 182 Å². The van der Waals surface area contributed by atoms with Crippen molar-refractivity contribution in [3.8, 4) is 67.4 Å². The normalized spacial score (nSPS) is 11.3. The minimum atomic E-state index is 0.712. The molecular weight excluding hydrogens is 597 g/mol. The summed E-state index contributed by atoms with van der Waals surface area (Å²) in [6, 6.07) is 61.2.